The molecule has 1 aliphatic heterocycles. The average Bonchev–Trinajstić information content (AvgIpc) is 2.51. The van der Waals surface area contributed by atoms with Crippen LogP contribution in [0.15, 0.2) is 30.3 Å². The molecular formula is C15H20F3N3O. The van der Waals surface area contributed by atoms with E-state index in [2.05, 4.69) is 22.3 Å². The number of para-hydroxylation sites is 1. The van der Waals surface area contributed by atoms with Crippen LogP contribution in [0.25, 0.3) is 0 Å². The molecule has 0 aliphatic carbocycles. The highest BCUT2D eigenvalue weighted by molar-refractivity contribution is 5.73. The van der Waals surface area contributed by atoms with Crippen molar-refractivity contribution in [2.75, 3.05) is 31.1 Å². The molecule has 0 aromatic heterocycles. The van der Waals surface area contributed by atoms with E-state index in [1.54, 1.807) is 0 Å². The summed E-state index contributed by atoms with van der Waals surface area (Å²) in [6, 6.07) is 9.32. The molecule has 1 heterocycles. The van der Waals surface area contributed by atoms with E-state index in [-0.39, 0.29) is 0 Å². The van der Waals surface area contributed by atoms with Crippen molar-refractivity contribution in [3.8, 4) is 0 Å². The van der Waals surface area contributed by atoms with Gasteiger partial charge in [0.15, 0.2) is 0 Å². The van der Waals surface area contributed by atoms with Gasteiger partial charge < -0.3 is 15.5 Å². The molecule has 0 atom stereocenters. The zero-order valence-electron chi connectivity index (χ0n) is 12.2. The van der Waals surface area contributed by atoms with Crippen LogP contribution in [0.2, 0.25) is 0 Å². The second-order valence-corrected chi connectivity index (χ2v) is 5.44. The van der Waals surface area contributed by atoms with Gasteiger partial charge in [-0.25, -0.2) is 4.79 Å². The SMILES string of the molecule is O=C(NCC1CCN(c2ccccc2)CC1)NCC(F)(F)F. The topological polar surface area (TPSA) is 44.4 Å². The molecule has 1 saturated heterocycles. The van der Waals surface area contributed by atoms with Crippen molar-refractivity contribution in [3.63, 3.8) is 0 Å². The monoisotopic (exact) mass is 315 g/mol. The number of carbonyl (C=O) groups is 1. The number of hydrogen-bond donors (Lipinski definition) is 2. The van der Waals surface area contributed by atoms with Gasteiger partial charge in [0, 0.05) is 25.3 Å². The molecule has 2 N–H and O–H groups in total. The maximum Gasteiger partial charge on any atom is 0.405 e. The van der Waals surface area contributed by atoms with Crippen molar-refractivity contribution in [3.05, 3.63) is 30.3 Å². The van der Waals surface area contributed by atoms with E-state index >= 15 is 0 Å². The third-order valence-electron chi connectivity index (χ3n) is 3.74. The normalized spacial score (nSPS) is 16.4. The predicted octanol–water partition coefficient (Wildman–Crippen LogP) is 2.76. The molecule has 1 fully saturated rings. The molecule has 4 nitrogen and oxygen atoms in total. The number of piperidine rings is 1. The molecule has 1 aromatic rings. The number of anilines is 1. The largest absolute Gasteiger partial charge is 0.405 e. The second kappa shape index (κ2) is 7.38. The summed E-state index contributed by atoms with van der Waals surface area (Å²) in [4.78, 5) is 13.6. The summed E-state index contributed by atoms with van der Waals surface area (Å²) < 4.78 is 35.9. The van der Waals surface area contributed by atoms with E-state index in [9.17, 15) is 18.0 Å². The quantitative estimate of drug-likeness (QED) is 0.897. The minimum absolute atomic E-state index is 0.302. The number of nitrogens with one attached hydrogen (secondary N) is 2. The Balaban J connectivity index is 1.66. The summed E-state index contributed by atoms with van der Waals surface area (Å²) in [7, 11) is 0. The number of benzene rings is 1. The first-order valence-electron chi connectivity index (χ1n) is 7.32. The standard InChI is InChI=1S/C15H20F3N3O/c16-15(17,18)11-20-14(22)19-10-12-6-8-21(9-7-12)13-4-2-1-3-5-13/h1-5,12H,6-11H2,(H2,19,20,22). The zero-order valence-corrected chi connectivity index (χ0v) is 12.2. The maximum atomic E-state index is 12.0. The average molecular weight is 315 g/mol. The smallest absolute Gasteiger partial charge is 0.372 e. The number of alkyl halides is 3. The second-order valence-electron chi connectivity index (χ2n) is 5.44. The Kier molecular flexibility index (Phi) is 5.51. The van der Waals surface area contributed by atoms with Gasteiger partial charge in [-0.1, -0.05) is 18.2 Å². The Morgan fingerprint density at radius 2 is 1.77 bits per heavy atom. The van der Waals surface area contributed by atoms with Crippen LogP contribution in [-0.4, -0.2) is 38.4 Å². The number of nitrogens with zero attached hydrogens (tertiary/aromatic N) is 1. The van der Waals surface area contributed by atoms with E-state index in [1.165, 1.54) is 5.69 Å². The minimum Gasteiger partial charge on any atom is -0.372 e. The van der Waals surface area contributed by atoms with Gasteiger partial charge in [0.05, 0.1) is 0 Å². The van der Waals surface area contributed by atoms with Gasteiger partial charge in [0.2, 0.25) is 0 Å². The molecule has 0 spiro atoms. The molecule has 1 aliphatic rings. The zero-order chi connectivity index (χ0) is 16.0. The van der Waals surface area contributed by atoms with E-state index in [4.69, 9.17) is 0 Å². The highest BCUT2D eigenvalue weighted by Gasteiger charge is 2.28. The van der Waals surface area contributed by atoms with Crippen molar-refractivity contribution in [1.82, 2.24) is 10.6 Å². The molecular weight excluding hydrogens is 295 g/mol. The van der Waals surface area contributed by atoms with Crippen molar-refractivity contribution < 1.29 is 18.0 Å². The van der Waals surface area contributed by atoms with Gasteiger partial charge in [-0.15, -0.1) is 0 Å². The maximum absolute atomic E-state index is 12.0. The molecule has 7 heteroatoms. The number of hydrogen-bond acceptors (Lipinski definition) is 2. The van der Waals surface area contributed by atoms with E-state index in [0.717, 1.165) is 25.9 Å². The van der Waals surface area contributed by atoms with Crippen LogP contribution in [0, 0.1) is 5.92 Å². The van der Waals surface area contributed by atoms with E-state index in [0.29, 0.717) is 12.5 Å². The molecule has 2 amide bonds. The number of carbonyl (C=O) groups excluding carboxylic acids is 1. The first kappa shape index (κ1) is 16.5. The number of urea groups is 1. The first-order chi connectivity index (χ1) is 10.4. The lowest BCUT2D eigenvalue weighted by molar-refractivity contribution is -0.122. The third kappa shape index (κ3) is 5.46. The fourth-order valence-corrected chi connectivity index (χ4v) is 2.51. The highest BCUT2D eigenvalue weighted by Crippen LogP contribution is 2.22. The lowest BCUT2D eigenvalue weighted by Gasteiger charge is -2.33. The van der Waals surface area contributed by atoms with Gasteiger partial charge in [0.25, 0.3) is 0 Å². The Labute approximate surface area is 127 Å². The van der Waals surface area contributed by atoms with E-state index in [1.807, 2.05) is 23.5 Å². The lowest BCUT2D eigenvalue weighted by Crippen LogP contribution is -2.44. The Hall–Kier alpha value is -1.92. The van der Waals surface area contributed by atoms with Crippen LogP contribution < -0.4 is 15.5 Å². The minimum atomic E-state index is -4.38. The highest BCUT2D eigenvalue weighted by atomic mass is 19.4. The lowest BCUT2D eigenvalue weighted by atomic mass is 9.96. The Morgan fingerprint density at radius 3 is 2.36 bits per heavy atom. The summed E-state index contributed by atoms with van der Waals surface area (Å²) in [5.74, 6) is 0.302. The molecule has 22 heavy (non-hydrogen) atoms. The molecule has 2 rings (SSSR count). The Morgan fingerprint density at radius 1 is 1.14 bits per heavy atom. The van der Waals surface area contributed by atoms with Crippen molar-refractivity contribution in [1.29, 1.82) is 0 Å². The van der Waals surface area contributed by atoms with Crippen molar-refractivity contribution in [2.24, 2.45) is 5.92 Å². The van der Waals surface area contributed by atoms with Crippen LogP contribution in [0.4, 0.5) is 23.7 Å². The summed E-state index contributed by atoms with van der Waals surface area (Å²) in [5, 5.41) is 4.32. The summed E-state index contributed by atoms with van der Waals surface area (Å²) in [6.07, 6.45) is -2.55. The summed E-state index contributed by atoms with van der Waals surface area (Å²) >= 11 is 0. The van der Waals surface area contributed by atoms with Crippen LogP contribution >= 0.6 is 0 Å². The predicted molar refractivity (Wildman–Crippen MR) is 78.8 cm³/mol. The summed E-state index contributed by atoms with van der Waals surface area (Å²) in [6.45, 7) is 0.888. The molecule has 0 saturated carbocycles. The van der Waals surface area contributed by atoms with Gasteiger partial charge in [-0.2, -0.15) is 13.2 Å². The third-order valence-corrected chi connectivity index (χ3v) is 3.74. The molecule has 0 bridgehead atoms. The molecule has 122 valence electrons. The Bertz CT molecular complexity index is 471. The number of amides is 2. The first-order valence-corrected chi connectivity index (χ1v) is 7.32. The van der Waals surface area contributed by atoms with Crippen LogP contribution in [-0.2, 0) is 0 Å². The van der Waals surface area contributed by atoms with Gasteiger partial charge >= 0.3 is 12.2 Å². The fourth-order valence-electron chi connectivity index (χ4n) is 2.51. The van der Waals surface area contributed by atoms with Gasteiger partial charge in [-0.05, 0) is 30.9 Å². The van der Waals surface area contributed by atoms with Crippen molar-refractivity contribution in [2.45, 2.75) is 19.0 Å². The van der Waals surface area contributed by atoms with Crippen LogP contribution in [0.5, 0.6) is 0 Å². The van der Waals surface area contributed by atoms with Crippen LogP contribution in [0.3, 0.4) is 0 Å². The van der Waals surface area contributed by atoms with Crippen molar-refractivity contribution >= 4 is 11.7 Å². The van der Waals surface area contributed by atoms with Crippen LogP contribution in [0.1, 0.15) is 12.8 Å². The fraction of sp³-hybridized carbons (Fsp3) is 0.533. The van der Waals surface area contributed by atoms with E-state index < -0.39 is 18.8 Å². The van der Waals surface area contributed by atoms with Gasteiger partial charge in [-0.3, -0.25) is 0 Å². The summed E-state index contributed by atoms with van der Waals surface area (Å²) in [5.41, 5.74) is 1.18. The molecule has 1 aromatic carbocycles. The van der Waals surface area contributed by atoms with Gasteiger partial charge in [0.1, 0.15) is 6.54 Å². The number of rotatable bonds is 4. The number of halogens is 3. The molecule has 0 radical (unpaired) electrons. The molecule has 0 unspecified atom stereocenters.